The van der Waals surface area contributed by atoms with Gasteiger partial charge in [0, 0.05) is 23.5 Å². The van der Waals surface area contributed by atoms with Gasteiger partial charge in [0.05, 0.1) is 5.52 Å². The summed E-state index contributed by atoms with van der Waals surface area (Å²) in [7, 11) is 4.20. The molecule has 2 aromatic carbocycles. The molecule has 1 aliphatic carbocycles. The number of hydrogen-bond donors (Lipinski definition) is 1. The van der Waals surface area contributed by atoms with Gasteiger partial charge in [0.2, 0.25) is 0 Å². The zero-order valence-corrected chi connectivity index (χ0v) is 14.6. The molecule has 3 nitrogen and oxygen atoms in total. The molecule has 0 amide bonds. The molecule has 0 radical (unpaired) electrons. The van der Waals surface area contributed by atoms with E-state index in [1.807, 2.05) is 24.3 Å². The lowest BCUT2D eigenvalue weighted by Crippen LogP contribution is -2.26. The van der Waals surface area contributed by atoms with E-state index in [0.29, 0.717) is 11.7 Å². The monoisotopic (exact) mass is 330 g/mol. The van der Waals surface area contributed by atoms with Crippen LogP contribution in [0.5, 0.6) is 5.75 Å². The zero-order chi connectivity index (χ0) is 17.4. The number of phenolic OH excluding ortho intramolecular Hbond substituents is 1. The van der Waals surface area contributed by atoms with Crippen molar-refractivity contribution in [2.24, 2.45) is 5.92 Å². The molecule has 3 heteroatoms. The van der Waals surface area contributed by atoms with E-state index in [0.717, 1.165) is 29.7 Å². The lowest BCUT2D eigenvalue weighted by Gasteiger charge is -2.28. The minimum absolute atomic E-state index is 0.310. The van der Waals surface area contributed by atoms with Gasteiger partial charge in [0.15, 0.2) is 0 Å². The highest BCUT2D eigenvalue weighted by Crippen LogP contribution is 2.36. The summed E-state index contributed by atoms with van der Waals surface area (Å²) in [5.41, 5.74) is 5.76. The molecule has 0 bridgehead atoms. The Hall–Kier alpha value is -2.65. The Labute approximate surface area is 148 Å². The zero-order valence-electron chi connectivity index (χ0n) is 14.6. The summed E-state index contributed by atoms with van der Waals surface area (Å²) in [6.07, 6.45) is 3.17. The number of nitrogens with zero attached hydrogens (tertiary/aromatic N) is 2. The van der Waals surface area contributed by atoms with Crippen LogP contribution in [0.2, 0.25) is 0 Å². The molecule has 126 valence electrons. The predicted octanol–water partition coefficient (Wildman–Crippen LogP) is 4.21. The third kappa shape index (κ3) is 3.15. The van der Waals surface area contributed by atoms with Crippen molar-refractivity contribution in [3.63, 3.8) is 0 Å². The number of fused-ring (bicyclic) bond motifs is 2. The Morgan fingerprint density at radius 1 is 1.08 bits per heavy atom. The Balaban J connectivity index is 1.86. The van der Waals surface area contributed by atoms with Gasteiger partial charge in [-0.1, -0.05) is 30.3 Å². The number of hydrogen-bond acceptors (Lipinski definition) is 3. The van der Waals surface area contributed by atoms with Crippen LogP contribution in [0.3, 0.4) is 0 Å². The first kappa shape index (κ1) is 15.9. The Morgan fingerprint density at radius 2 is 1.92 bits per heavy atom. The average Bonchev–Trinajstić information content (AvgIpc) is 2.59. The number of benzene rings is 2. The van der Waals surface area contributed by atoms with Crippen molar-refractivity contribution in [2.45, 2.75) is 6.42 Å². The molecule has 4 rings (SSSR count). The van der Waals surface area contributed by atoms with Gasteiger partial charge in [0.1, 0.15) is 5.75 Å². The number of aromatic nitrogens is 1. The van der Waals surface area contributed by atoms with Crippen molar-refractivity contribution in [1.29, 1.82) is 0 Å². The molecule has 1 N–H and O–H groups in total. The molecular weight excluding hydrogens is 308 g/mol. The Morgan fingerprint density at radius 3 is 2.72 bits per heavy atom. The van der Waals surface area contributed by atoms with Gasteiger partial charge in [-0.25, -0.2) is 0 Å². The van der Waals surface area contributed by atoms with Crippen LogP contribution in [0, 0.1) is 5.92 Å². The fourth-order valence-corrected chi connectivity index (χ4v) is 3.70. The van der Waals surface area contributed by atoms with Crippen molar-refractivity contribution in [1.82, 2.24) is 9.88 Å². The van der Waals surface area contributed by atoms with Crippen LogP contribution in [-0.2, 0) is 6.42 Å². The molecule has 0 saturated carbocycles. The van der Waals surface area contributed by atoms with Crippen LogP contribution in [-0.4, -0.2) is 35.6 Å². The molecule has 0 aliphatic heterocycles. The average molecular weight is 330 g/mol. The summed E-state index contributed by atoms with van der Waals surface area (Å²) in [4.78, 5) is 7.12. The molecule has 3 aromatic rings. The lowest BCUT2D eigenvalue weighted by molar-refractivity contribution is 0.361. The number of para-hydroxylation sites is 1. The maximum absolute atomic E-state index is 9.90. The van der Waals surface area contributed by atoms with Crippen molar-refractivity contribution >= 4 is 22.6 Å². The lowest BCUT2D eigenvalue weighted by atomic mass is 9.81. The predicted molar refractivity (Wildman–Crippen MR) is 103 cm³/mol. The van der Waals surface area contributed by atoms with E-state index in [9.17, 15) is 5.11 Å². The number of aromatic hydroxyl groups is 1. The van der Waals surface area contributed by atoms with E-state index in [2.05, 4.69) is 49.3 Å². The molecular formula is C22H22N2O. The van der Waals surface area contributed by atoms with Crippen LogP contribution in [0.4, 0.5) is 0 Å². The summed E-state index contributed by atoms with van der Waals surface area (Å²) >= 11 is 0. The smallest absolute Gasteiger partial charge is 0.116 e. The normalized spacial score (nSPS) is 16.8. The van der Waals surface area contributed by atoms with Gasteiger partial charge in [-0.15, -0.1) is 0 Å². The van der Waals surface area contributed by atoms with Crippen LogP contribution < -0.4 is 0 Å². The third-order valence-corrected chi connectivity index (χ3v) is 4.79. The maximum atomic E-state index is 9.90. The molecule has 1 aliphatic rings. The van der Waals surface area contributed by atoms with Gasteiger partial charge >= 0.3 is 0 Å². The second-order valence-corrected chi connectivity index (χ2v) is 7.03. The molecule has 0 fully saturated rings. The molecule has 25 heavy (non-hydrogen) atoms. The minimum atomic E-state index is 0.310. The molecule has 1 unspecified atom stereocenters. The molecule has 0 saturated heterocycles. The highest BCUT2D eigenvalue weighted by Gasteiger charge is 2.24. The summed E-state index contributed by atoms with van der Waals surface area (Å²) < 4.78 is 0. The van der Waals surface area contributed by atoms with Gasteiger partial charge in [-0.05, 0) is 67.6 Å². The van der Waals surface area contributed by atoms with Crippen LogP contribution in [0.15, 0.2) is 54.6 Å². The van der Waals surface area contributed by atoms with Crippen LogP contribution >= 0.6 is 0 Å². The van der Waals surface area contributed by atoms with Gasteiger partial charge in [-0.3, -0.25) is 4.98 Å². The van der Waals surface area contributed by atoms with Gasteiger partial charge in [-0.2, -0.15) is 0 Å². The first-order valence-electron chi connectivity index (χ1n) is 8.64. The van der Waals surface area contributed by atoms with Crippen LogP contribution in [0.1, 0.15) is 16.8 Å². The molecule has 1 atom stereocenters. The number of phenols is 1. The number of rotatable bonds is 3. The van der Waals surface area contributed by atoms with E-state index < -0.39 is 0 Å². The highest BCUT2D eigenvalue weighted by molar-refractivity contribution is 5.89. The molecule has 1 aromatic heterocycles. The first-order chi connectivity index (χ1) is 12.1. The van der Waals surface area contributed by atoms with Gasteiger partial charge in [0.25, 0.3) is 0 Å². The van der Waals surface area contributed by atoms with Crippen molar-refractivity contribution in [3.8, 4) is 5.75 Å². The van der Waals surface area contributed by atoms with Crippen molar-refractivity contribution < 1.29 is 5.11 Å². The first-order valence-corrected chi connectivity index (χ1v) is 8.64. The van der Waals surface area contributed by atoms with Gasteiger partial charge < -0.3 is 10.0 Å². The summed E-state index contributed by atoms with van der Waals surface area (Å²) in [5.74, 6) is 0.669. The van der Waals surface area contributed by atoms with Crippen molar-refractivity contribution in [2.75, 3.05) is 20.6 Å². The fourth-order valence-electron chi connectivity index (χ4n) is 3.70. The summed E-state index contributed by atoms with van der Waals surface area (Å²) in [5, 5.41) is 11.1. The van der Waals surface area contributed by atoms with E-state index in [4.69, 9.17) is 4.98 Å². The van der Waals surface area contributed by atoms with E-state index >= 15 is 0 Å². The van der Waals surface area contributed by atoms with Crippen molar-refractivity contribution in [3.05, 3.63) is 71.4 Å². The van der Waals surface area contributed by atoms with E-state index in [-0.39, 0.29) is 0 Å². The molecule has 0 spiro atoms. The summed E-state index contributed by atoms with van der Waals surface area (Å²) in [6, 6.07) is 18.1. The largest absolute Gasteiger partial charge is 0.508 e. The van der Waals surface area contributed by atoms with Crippen LogP contribution in [0.25, 0.3) is 22.6 Å². The van der Waals surface area contributed by atoms with E-state index in [1.54, 1.807) is 6.07 Å². The Kier molecular flexibility index (Phi) is 4.02. The SMILES string of the molecule is CN(C)CC1Cc2nc3ccccc3cc2C=C1c1cccc(O)c1. The second-order valence-electron chi connectivity index (χ2n) is 7.03. The third-order valence-electron chi connectivity index (χ3n) is 4.79. The summed E-state index contributed by atoms with van der Waals surface area (Å²) in [6.45, 7) is 0.954. The standard InChI is InChI=1S/C22H22N2O/c1-24(2)14-18-13-22-17(10-16-6-3-4-9-21(16)23-22)12-20(18)15-7-5-8-19(25)11-15/h3-12,18,25H,13-14H2,1-2H3. The van der Waals surface area contributed by atoms with E-state index in [1.165, 1.54) is 16.5 Å². The minimum Gasteiger partial charge on any atom is -0.508 e. The topological polar surface area (TPSA) is 36.4 Å². The maximum Gasteiger partial charge on any atom is 0.116 e. The fraction of sp³-hybridized carbons (Fsp3) is 0.227. The highest BCUT2D eigenvalue weighted by atomic mass is 16.3. The molecule has 1 heterocycles. The number of pyridine rings is 1. The quantitative estimate of drug-likeness (QED) is 0.781. The Bertz CT molecular complexity index is 959. The second kappa shape index (κ2) is 6.34.